The molecule has 0 bridgehead atoms. The molecule has 0 saturated heterocycles. The van der Waals surface area contributed by atoms with Crippen molar-refractivity contribution in [2.45, 2.75) is 12.9 Å². The molecule has 0 aliphatic rings. The summed E-state index contributed by atoms with van der Waals surface area (Å²) in [5.74, 6) is -1.76. The van der Waals surface area contributed by atoms with Crippen molar-refractivity contribution in [1.29, 1.82) is 0 Å². The minimum absolute atomic E-state index is 0.484. The van der Waals surface area contributed by atoms with E-state index in [0.717, 1.165) is 11.8 Å². The predicted molar refractivity (Wildman–Crippen MR) is 54.5 cm³/mol. The molecule has 0 unspecified atom stereocenters. The maximum absolute atomic E-state index is 10.5. The van der Waals surface area contributed by atoms with Gasteiger partial charge >= 0.3 is 5.97 Å². The third-order valence-corrected chi connectivity index (χ3v) is 2.28. The summed E-state index contributed by atoms with van der Waals surface area (Å²) in [7, 11) is 2.69. The van der Waals surface area contributed by atoms with E-state index in [1.165, 1.54) is 14.2 Å². The molecule has 0 saturated carbocycles. The quantitative estimate of drug-likeness (QED) is 0.599. The van der Waals surface area contributed by atoms with Crippen molar-refractivity contribution in [2.24, 2.45) is 0 Å². The lowest BCUT2D eigenvalue weighted by Crippen LogP contribution is -2.31. The van der Waals surface area contributed by atoms with Crippen LogP contribution in [-0.2, 0) is 15.4 Å². The smallest absolute Gasteiger partial charge is 0.309 e. The largest absolute Gasteiger partial charge is 0.339 e. The number of methoxy groups -OCH3 is 2. The van der Waals surface area contributed by atoms with Gasteiger partial charge in [0.25, 0.3) is 0 Å². The van der Waals surface area contributed by atoms with Crippen molar-refractivity contribution in [3.63, 3.8) is 0 Å². The molecule has 0 aliphatic heterocycles. The van der Waals surface area contributed by atoms with Crippen LogP contribution in [0.2, 0.25) is 0 Å². The van der Waals surface area contributed by atoms with Gasteiger partial charge < -0.3 is 14.6 Å². The molecule has 0 atom stereocenters. The molecule has 4 nitrogen and oxygen atoms in total. The molecular weight excluding hydrogens is 196 g/mol. The van der Waals surface area contributed by atoms with Gasteiger partial charge in [0.1, 0.15) is 6.29 Å². The minimum atomic E-state index is -1.76. The first-order valence-corrected chi connectivity index (χ1v) is 4.46. The van der Waals surface area contributed by atoms with E-state index in [2.05, 4.69) is 0 Å². The van der Waals surface area contributed by atoms with Crippen LogP contribution < -0.4 is 0 Å². The van der Waals surface area contributed by atoms with Crippen LogP contribution in [0.25, 0.3) is 0 Å². The van der Waals surface area contributed by atoms with Crippen molar-refractivity contribution in [1.82, 2.24) is 0 Å². The Bertz CT molecular complexity index is 356. The lowest BCUT2D eigenvalue weighted by atomic mass is 10.0. The number of carbonyl (C=O) groups is 1. The van der Waals surface area contributed by atoms with Crippen LogP contribution in [0.1, 0.15) is 21.5 Å². The molecule has 0 radical (unpaired) electrons. The van der Waals surface area contributed by atoms with Gasteiger partial charge in [-0.2, -0.15) is 0 Å². The van der Waals surface area contributed by atoms with Gasteiger partial charge in [0.05, 0.1) is 0 Å². The number of ether oxygens (including phenoxy) is 2. The summed E-state index contributed by atoms with van der Waals surface area (Å²) < 4.78 is 9.74. The van der Waals surface area contributed by atoms with E-state index in [1.807, 2.05) is 0 Å². The fraction of sp³-hybridized carbons (Fsp3) is 0.364. The normalized spacial score (nSPS) is 11.5. The summed E-state index contributed by atoms with van der Waals surface area (Å²) in [6, 6.07) is 4.86. The molecular formula is C11H14O4. The lowest BCUT2D eigenvalue weighted by Gasteiger charge is -2.26. The molecule has 1 aromatic carbocycles. The van der Waals surface area contributed by atoms with Crippen LogP contribution in [-0.4, -0.2) is 25.6 Å². The van der Waals surface area contributed by atoms with Crippen LogP contribution in [0.3, 0.4) is 0 Å². The summed E-state index contributed by atoms with van der Waals surface area (Å²) in [5, 5.41) is 9.91. The Balaban J connectivity index is 3.20. The van der Waals surface area contributed by atoms with Crippen LogP contribution in [0.5, 0.6) is 0 Å². The number of aliphatic hydroxyl groups is 1. The molecule has 4 heteroatoms. The summed E-state index contributed by atoms with van der Waals surface area (Å²) in [4.78, 5) is 10.5. The fourth-order valence-electron chi connectivity index (χ4n) is 1.42. The van der Waals surface area contributed by atoms with Gasteiger partial charge in [-0.1, -0.05) is 6.07 Å². The molecule has 1 aromatic rings. The van der Waals surface area contributed by atoms with Gasteiger partial charge in [0.2, 0.25) is 0 Å². The molecule has 0 heterocycles. The molecule has 15 heavy (non-hydrogen) atoms. The number of rotatable bonds is 4. The standard InChI is InChI=1S/C11H14O4/c1-8-6-9(7-12)4-5-10(8)11(13,14-2)15-3/h4-7,13H,1-3H3. The van der Waals surface area contributed by atoms with Crippen molar-refractivity contribution in [3.8, 4) is 0 Å². The zero-order valence-electron chi connectivity index (χ0n) is 8.98. The number of aryl methyl sites for hydroxylation is 1. The van der Waals surface area contributed by atoms with Crippen molar-refractivity contribution < 1.29 is 19.4 Å². The van der Waals surface area contributed by atoms with Gasteiger partial charge in [-0.15, -0.1) is 0 Å². The van der Waals surface area contributed by atoms with Crippen LogP contribution in [0.4, 0.5) is 0 Å². The van der Waals surface area contributed by atoms with Gasteiger partial charge in [0.15, 0.2) is 0 Å². The number of aldehydes is 1. The molecule has 0 aromatic heterocycles. The molecule has 0 fully saturated rings. The Morgan fingerprint density at radius 1 is 1.33 bits per heavy atom. The van der Waals surface area contributed by atoms with Gasteiger partial charge in [0, 0.05) is 25.3 Å². The third-order valence-electron chi connectivity index (χ3n) is 2.28. The molecule has 0 amide bonds. The Kier molecular flexibility index (Phi) is 3.57. The molecule has 0 aliphatic carbocycles. The van der Waals surface area contributed by atoms with E-state index in [4.69, 9.17) is 9.47 Å². The van der Waals surface area contributed by atoms with Crippen LogP contribution in [0, 0.1) is 6.92 Å². The van der Waals surface area contributed by atoms with E-state index >= 15 is 0 Å². The Hall–Kier alpha value is -1.23. The van der Waals surface area contributed by atoms with Crippen LogP contribution in [0.15, 0.2) is 18.2 Å². The van der Waals surface area contributed by atoms with Crippen molar-refractivity contribution >= 4 is 6.29 Å². The second-order valence-corrected chi connectivity index (χ2v) is 3.18. The van der Waals surface area contributed by atoms with E-state index in [-0.39, 0.29) is 0 Å². The predicted octanol–water partition coefficient (Wildman–Crippen LogP) is 1.20. The zero-order valence-corrected chi connectivity index (χ0v) is 8.98. The molecule has 82 valence electrons. The minimum Gasteiger partial charge on any atom is -0.339 e. The Morgan fingerprint density at radius 2 is 1.93 bits per heavy atom. The summed E-state index contributed by atoms with van der Waals surface area (Å²) in [6.45, 7) is 1.77. The second kappa shape index (κ2) is 4.53. The highest BCUT2D eigenvalue weighted by atomic mass is 16.8. The molecule has 1 rings (SSSR count). The fourth-order valence-corrected chi connectivity index (χ4v) is 1.42. The van der Waals surface area contributed by atoms with E-state index in [9.17, 15) is 9.90 Å². The van der Waals surface area contributed by atoms with Gasteiger partial charge in [-0.25, -0.2) is 0 Å². The average Bonchev–Trinajstić information content (AvgIpc) is 2.27. The molecule has 1 N–H and O–H groups in total. The van der Waals surface area contributed by atoms with Crippen molar-refractivity contribution in [3.05, 3.63) is 34.9 Å². The second-order valence-electron chi connectivity index (χ2n) is 3.18. The average molecular weight is 210 g/mol. The number of hydrogen-bond donors (Lipinski definition) is 1. The Labute approximate surface area is 88.4 Å². The highest BCUT2D eigenvalue weighted by Gasteiger charge is 2.30. The van der Waals surface area contributed by atoms with E-state index < -0.39 is 5.97 Å². The van der Waals surface area contributed by atoms with Crippen molar-refractivity contribution in [2.75, 3.05) is 14.2 Å². The number of benzene rings is 1. The maximum Gasteiger partial charge on any atom is 0.309 e. The topological polar surface area (TPSA) is 55.8 Å². The summed E-state index contributed by atoms with van der Waals surface area (Å²) in [6.07, 6.45) is 0.745. The SMILES string of the molecule is COC(O)(OC)c1ccc(C=O)cc1C. The van der Waals surface area contributed by atoms with Gasteiger partial charge in [-0.05, 0) is 24.6 Å². The van der Waals surface area contributed by atoms with Crippen LogP contribution >= 0.6 is 0 Å². The lowest BCUT2D eigenvalue weighted by molar-refractivity contribution is -0.352. The first kappa shape index (κ1) is 11.8. The first-order valence-electron chi connectivity index (χ1n) is 4.46. The number of hydrogen-bond acceptors (Lipinski definition) is 4. The number of carbonyl (C=O) groups excluding carboxylic acids is 1. The third kappa shape index (κ3) is 2.23. The maximum atomic E-state index is 10.5. The monoisotopic (exact) mass is 210 g/mol. The van der Waals surface area contributed by atoms with E-state index in [0.29, 0.717) is 11.1 Å². The molecule has 0 spiro atoms. The highest BCUT2D eigenvalue weighted by Crippen LogP contribution is 2.26. The summed E-state index contributed by atoms with van der Waals surface area (Å²) in [5.41, 5.74) is 1.76. The highest BCUT2D eigenvalue weighted by molar-refractivity contribution is 5.75. The summed E-state index contributed by atoms with van der Waals surface area (Å²) >= 11 is 0. The Morgan fingerprint density at radius 3 is 2.33 bits per heavy atom. The van der Waals surface area contributed by atoms with E-state index in [1.54, 1.807) is 25.1 Å². The first-order chi connectivity index (χ1) is 7.07. The zero-order chi connectivity index (χ0) is 11.5. The van der Waals surface area contributed by atoms with Gasteiger partial charge in [-0.3, -0.25) is 4.79 Å².